The van der Waals surface area contributed by atoms with Crippen LogP contribution in [0.25, 0.3) is 0 Å². The molecule has 0 saturated heterocycles. The Labute approximate surface area is 76.7 Å². The molecule has 0 radical (unpaired) electrons. The molecular formula is C12H22. The van der Waals surface area contributed by atoms with Gasteiger partial charge in [0.05, 0.1) is 0 Å². The smallest absolute Gasteiger partial charge is 0.0292 e. The molecule has 12 heavy (non-hydrogen) atoms. The van der Waals surface area contributed by atoms with Gasteiger partial charge in [-0.15, -0.1) is 0 Å². The second kappa shape index (κ2) is 3.05. The zero-order valence-electron chi connectivity index (χ0n) is 8.60. The number of fused-ring (bicyclic) bond motifs is 1. The van der Waals surface area contributed by atoms with E-state index in [1.165, 1.54) is 32.1 Å². The van der Waals surface area contributed by atoms with Crippen LogP contribution in [0.4, 0.5) is 0 Å². The van der Waals surface area contributed by atoms with E-state index in [1.54, 1.807) is 12.8 Å². The molecule has 0 N–H and O–H groups in total. The fourth-order valence-electron chi connectivity index (χ4n) is 3.25. The standard InChI is InChI=1S/C12H22/c1-3-4-6-10-7-5-8-12(2)9-11(10)12/h10-11H,3-9H2,1-2H3. The SMILES string of the molecule is CCCCC1CCCC2(C)CC12. The second-order valence-electron chi connectivity index (χ2n) is 5.26. The van der Waals surface area contributed by atoms with E-state index in [1.807, 2.05) is 0 Å². The minimum atomic E-state index is 0.816. The van der Waals surface area contributed by atoms with E-state index in [9.17, 15) is 0 Å². The first-order chi connectivity index (χ1) is 5.76. The van der Waals surface area contributed by atoms with Gasteiger partial charge in [-0.1, -0.05) is 46.0 Å². The maximum absolute atomic E-state index is 2.51. The number of rotatable bonds is 3. The van der Waals surface area contributed by atoms with Crippen LogP contribution < -0.4 is 0 Å². The summed E-state index contributed by atoms with van der Waals surface area (Å²) in [5.74, 6) is 2.25. The molecule has 0 aromatic heterocycles. The molecule has 70 valence electrons. The molecule has 0 aromatic carbocycles. The third kappa shape index (κ3) is 1.41. The first kappa shape index (κ1) is 8.59. The van der Waals surface area contributed by atoms with E-state index in [0.29, 0.717) is 0 Å². The van der Waals surface area contributed by atoms with Gasteiger partial charge in [0.1, 0.15) is 0 Å². The maximum atomic E-state index is 2.51. The van der Waals surface area contributed by atoms with Gasteiger partial charge >= 0.3 is 0 Å². The van der Waals surface area contributed by atoms with E-state index < -0.39 is 0 Å². The Morgan fingerprint density at radius 1 is 1.42 bits per heavy atom. The number of hydrogen-bond acceptors (Lipinski definition) is 0. The summed E-state index contributed by atoms with van der Waals surface area (Å²) in [7, 11) is 0. The molecule has 3 atom stereocenters. The average molecular weight is 166 g/mol. The van der Waals surface area contributed by atoms with Crippen molar-refractivity contribution in [3.63, 3.8) is 0 Å². The molecule has 2 aliphatic rings. The lowest BCUT2D eigenvalue weighted by molar-refractivity contribution is 0.254. The monoisotopic (exact) mass is 166 g/mol. The summed E-state index contributed by atoms with van der Waals surface area (Å²) in [6.45, 7) is 4.82. The van der Waals surface area contributed by atoms with Crippen LogP contribution in [0.5, 0.6) is 0 Å². The van der Waals surface area contributed by atoms with Crippen molar-refractivity contribution in [3.05, 3.63) is 0 Å². The van der Waals surface area contributed by atoms with Crippen molar-refractivity contribution < 1.29 is 0 Å². The molecule has 2 aliphatic carbocycles. The third-order valence-electron chi connectivity index (χ3n) is 4.24. The Bertz CT molecular complexity index is 161. The zero-order chi connectivity index (χ0) is 8.60. The Kier molecular flexibility index (Phi) is 2.18. The summed E-state index contributed by atoms with van der Waals surface area (Å²) in [6, 6.07) is 0. The highest BCUT2D eigenvalue weighted by Crippen LogP contribution is 2.64. The van der Waals surface area contributed by atoms with Gasteiger partial charge in [-0.2, -0.15) is 0 Å². The number of unbranched alkanes of at least 4 members (excludes halogenated alkanes) is 1. The first-order valence-electron chi connectivity index (χ1n) is 5.76. The van der Waals surface area contributed by atoms with Gasteiger partial charge in [0.2, 0.25) is 0 Å². The van der Waals surface area contributed by atoms with Crippen LogP contribution in [0.3, 0.4) is 0 Å². The molecule has 2 fully saturated rings. The lowest BCUT2D eigenvalue weighted by atomic mass is 9.80. The minimum Gasteiger partial charge on any atom is -0.0654 e. The van der Waals surface area contributed by atoms with E-state index in [4.69, 9.17) is 0 Å². The largest absolute Gasteiger partial charge is 0.0654 e. The summed E-state index contributed by atoms with van der Waals surface area (Å²) >= 11 is 0. The quantitative estimate of drug-likeness (QED) is 0.594. The van der Waals surface area contributed by atoms with Crippen LogP contribution in [-0.4, -0.2) is 0 Å². The lowest BCUT2D eigenvalue weighted by Gasteiger charge is -2.25. The highest BCUT2D eigenvalue weighted by Gasteiger charge is 2.54. The average Bonchev–Trinajstić information content (AvgIpc) is 2.73. The minimum absolute atomic E-state index is 0.816. The van der Waals surface area contributed by atoms with Crippen molar-refractivity contribution in [2.75, 3.05) is 0 Å². The van der Waals surface area contributed by atoms with Gasteiger partial charge in [0.25, 0.3) is 0 Å². The van der Waals surface area contributed by atoms with Crippen molar-refractivity contribution in [1.29, 1.82) is 0 Å². The molecule has 0 bridgehead atoms. The molecule has 2 rings (SSSR count). The van der Waals surface area contributed by atoms with Crippen LogP contribution in [0.2, 0.25) is 0 Å². The van der Waals surface area contributed by atoms with Crippen LogP contribution in [0, 0.1) is 17.3 Å². The van der Waals surface area contributed by atoms with Gasteiger partial charge in [0, 0.05) is 0 Å². The topological polar surface area (TPSA) is 0 Å². The molecule has 0 amide bonds. The highest BCUT2D eigenvalue weighted by atomic mass is 14.6. The molecule has 2 saturated carbocycles. The normalized spacial score (nSPS) is 45.5. The van der Waals surface area contributed by atoms with Crippen LogP contribution >= 0.6 is 0 Å². The Balaban J connectivity index is 1.83. The highest BCUT2D eigenvalue weighted by molar-refractivity contribution is 5.04. The van der Waals surface area contributed by atoms with E-state index in [-0.39, 0.29) is 0 Å². The zero-order valence-corrected chi connectivity index (χ0v) is 8.60. The van der Waals surface area contributed by atoms with E-state index in [2.05, 4.69) is 13.8 Å². The Hall–Kier alpha value is 0. The van der Waals surface area contributed by atoms with Crippen molar-refractivity contribution in [1.82, 2.24) is 0 Å². The molecule has 0 aromatic rings. The fraction of sp³-hybridized carbons (Fsp3) is 1.00. The third-order valence-corrected chi connectivity index (χ3v) is 4.24. The number of hydrogen-bond donors (Lipinski definition) is 0. The predicted octanol–water partition coefficient (Wildman–Crippen LogP) is 4.00. The van der Waals surface area contributed by atoms with Crippen molar-refractivity contribution in [2.24, 2.45) is 17.3 Å². The molecule has 0 heterocycles. The molecule has 0 heteroatoms. The van der Waals surface area contributed by atoms with Crippen LogP contribution in [0.15, 0.2) is 0 Å². The van der Waals surface area contributed by atoms with Gasteiger partial charge in [-0.05, 0) is 30.1 Å². The molecule has 3 unspecified atom stereocenters. The summed E-state index contributed by atoms with van der Waals surface area (Å²) in [6.07, 6.45) is 10.5. The Morgan fingerprint density at radius 3 is 3.00 bits per heavy atom. The summed E-state index contributed by atoms with van der Waals surface area (Å²) in [4.78, 5) is 0. The van der Waals surface area contributed by atoms with Gasteiger partial charge in [0.15, 0.2) is 0 Å². The summed E-state index contributed by atoms with van der Waals surface area (Å²) < 4.78 is 0. The second-order valence-corrected chi connectivity index (χ2v) is 5.26. The molecule has 0 nitrogen and oxygen atoms in total. The van der Waals surface area contributed by atoms with Crippen LogP contribution in [0.1, 0.15) is 58.8 Å². The molecule has 0 aliphatic heterocycles. The fourth-order valence-corrected chi connectivity index (χ4v) is 3.25. The van der Waals surface area contributed by atoms with Gasteiger partial charge < -0.3 is 0 Å². The van der Waals surface area contributed by atoms with E-state index in [0.717, 1.165) is 17.3 Å². The predicted molar refractivity (Wildman–Crippen MR) is 53.1 cm³/mol. The van der Waals surface area contributed by atoms with Crippen molar-refractivity contribution >= 4 is 0 Å². The lowest BCUT2D eigenvalue weighted by Crippen LogP contribution is -2.15. The Morgan fingerprint density at radius 2 is 2.25 bits per heavy atom. The van der Waals surface area contributed by atoms with Crippen molar-refractivity contribution in [3.8, 4) is 0 Å². The first-order valence-corrected chi connectivity index (χ1v) is 5.76. The van der Waals surface area contributed by atoms with Crippen molar-refractivity contribution in [2.45, 2.75) is 58.8 Å². The molecular weight excluding hydrogens is 144 g/mol. The summed E-state index contributed by atoms with van der Waals surface area (Å²) in [5.41, 5.74) is 0.816. The van der Waals surface area contributed by atoms with Crippen LogP contribution in [-0.2, 0) is 0 Å². The molecule has 0 spiro atoms. The summed E-state index contributed by atoms with van der Waals surface area (Å²) in [5, 5.41) is 0. The maximum Gasteiger partial charge on any atom is -0.0292 e. The van der Waals surface area contributed by atoms with Gasteiger partial charge in [-0.25, -0.2) is 0 Å². The van der Waals surface area contributed by atoms with E-state index >= 15 is 0 Å². The van der Waals surface area contributed by atoms with Gasteiger partial charge in [-0.3, -0.25) is 0 Å².